The number of pyridine rings is 1. The van der Waals surface area contributed by atoms with Crippen LogP contribution in [0.4, 0.5) is 19.0 Å². The second kappa shape index (κ2) is 7.16. The minimum absolute atomic E-state index is 0.0135. The number of alkyl halides is 3. The van der Waals surface area contributed by atoms with Crippen LogP contribution in [0.2, 0.25) is 0 Å². The Morgan fingerprint density at radius 3 is 2.65 bits per heavy atom. The van der Waals surface area contributed by atoms with E-state index < -0.39 is 18.7 Å². The number of hydrogen-bond acceptors (Lipinski definition) is 4. The van der Waals surface area contributed by atoms with Crippen LogP contribution in [0.3, 0.4) is 0 Å². The molecular weight excluding hydrogens is 311 g/mol. The van der Waals surface area contributed by atoms with E-state index in [4.69, 9.17) is 5.11 Å². The highest BCUT2D eigenvalue weighted by molar-refractivity contribution is 5.85. The minimum Gasteiger partial charge on any atom is -0.477 e. The van der Waals surface area contributed by atoms with Gasteiger partial charge >= 0.3 is 12.1 Å². The fourth-order valence-corrected chi connectivity index (χ4v) is 2.85. The maximum Gasteiger partial charge on any atom is 0.401 e. The Morgan fingerprint density at radius 2 is 2.09 bits per heavy atom. The first-order valence-electron chi connectivity index (χ1n) is 7.50. The van der Waals surface area contributed by atoms with Crippen LogP contribution in [-0.2, 0) is 0 Å². The van der Waals surface area contributed by atoms with Gasteiger partial charge in [0.05, 0.1) is 6.54 Å². The van der Waals surface area contributed by atoms with E-state index in [1.807, 2.05) is 6.92 Å². The minimum atomic E-state index is -4.15. The molecule has 1 aromatic heterocycles. The SMILES string of the molecule is CC(Nc1cccc(C(=O)O)n1)C1CCN(CC(F)(F)F)CC1. The van der Waals surface area contributed by atoms with Crippen LogP contribution in [-0.4, -0.2) is 52.8 Å². The quantitative estimate of drug-likeness (QED) is 0.868. The molecule has 1 aliphatic rings. The molecule has 0 aliphatic carbocycles. The van der Waals surface area contributed by atoms with Crippen molar-refractivity contribution in [2.24, 2.45) is 5.92 Å². The van der Waals surface area contributed by atoms with Gasteiger partial charge in [-0.2, -0.15) is 13.2 Å². The number of nitrogens with one attached hydrogen (secondary N) is 1. The van der Waals surface area contributed by atoms with Crippen LogP contribution in [0.25, 0.3) is 0 Å². The predicted molar refractivity (Wildman–Crippen MR) is 79.5 cm³/mol. The zero-order chi connectivity index (χ0) is 17.0. The molecule has 1 unspecified atom stereocenters. The van der Waals surface area contributed by atoms with Gasteiger partial charge in [-0.05, 0) is 50.9 Å². The number of hydrogen-bond donors (Lipinski definition) is 2. The molecule has 1 saturated heterocycles. The summed E-state index contributed by atoms with van der Waals surface area (Å²) in [4.78, 5) is 16.3. The zero-order valence-electron chi connectivity index (χ0n) is 12.8. The Bertz CT molecular complexity index is 543. The van der Waals surface area contributed by atoms with Crippen molar-refractivity contribution in [2.45, 2.75) is 32.0 Å². The van der Waals surface area contributed by atoms with Gasteiger partial charge in [-0.1, -0.05) is 6.07 Å². The van der Waals surface area contributed by atoms with Crippen molar-refractivity contribution in [3.8, 4) is 0 Å². The fraction of sp³-hybridized carbons (Fsp3) is 0.600. The largest absolute Gasteiger partial charge is 0.477 e. The molecule has 0 radical (unpaired) electrons. The molecule has 2 heterocycles. The lowest BCUT2D eigenvalue weighted by Gasteiger charge is -2.35. The molecule has 5 nitrogen and oxygen atoms in total. The number of piperidine rings is 1. The molecule has 0 bridgehead atoms. The molecule has 0 amide bonds. The van der Waals surface area contributed by atoms with E-state index in [0.29, 0.717) is 31.7 Å². The number of nitrogens with zero attached hydrogens (tertiary/aromatic N) is 2. The summed E-state index contributed by atoms with van der Waals surface area (Å²) < 4.78 is 37.1. The summed E-state index contributed by atoms with van der Waals surface area (Å²) in [6.45, 7) is 1.92. The number of anilines is 1. The van der Waals surface area contributed by atoms with E-state index in [-0.39, 0.29) is 17.7 Å². The third-order valence-electron chi connectivity index (χ3n) is 4.09. The van der Waals surface area contributed by atoms with Gasteiger partial charge in [0, 0.05) is 6.04 Å². The van der Waals surface area contributed by atoms with Crippen LogP contribution in [0.1, 0.15) is 30.3 Å². The van der Waals surface area contributed by atoms with Crippen LogP contribution >= 0.6 is 0 Å². The molecule has 2 rings (SSSR count). The number of carbonyl (C=O) groups is 1. The highest BCUT2D eigenvalue weighted by Crippen LogP contribution is 2.25. The van der Waals surface area contributed by atoms with Gasteiger partial charge in [-0.3, -0.25) is 4.90 Å². The van der Waals surface area contributed by atoms with Crippen molar-refractivity contribution in [3.63, 3.8) is 0 Å². The average Bonchev–Trinajstić information content (AvgIpc) is 2.46. The Balaban J connectivity index is 1.87. The van der Waals surface area contributed by atoms with Crippen molar-refractivity contribution in [1.29, 1.82) is 0 Å². The highest BCUT2D eigenvalue weighted by Gasteiger charge is 2.33. The smallest absolute Gasteiger partial charge is 0.401 e. The van der Waals surface area contributed by atoms with Gasteiger partial charge in [0.15, 0.2) is 5.69 Å². The summed E-state index contributed by atoms with van der Waals surface area (Å²) in [7, 11) is 0. The maximum absolute atomic E-state index is 12.4. The summed E-state index contributed by atoms with van der Waals surface area (Å²) >= 11 is 0. The Morgan fingerprint density at radius 1 is 1.43 bits per heavy atom. The Kier molecular flexibility index (Phi) is 5.46. The third kappa shape index (κ3) is 5.38. The first-order chi connectivity index (χ1) is 10.7. The summed E-state index contributed by atoms with van der Waals surface area (Å²) in [5, 5.41) is 12.1. The van der Waals surface area contributed by atoms with Crippen molar-refractivity contribution < 1.29 is 23.1 Å². The van der Waals surface area contributed by atoms with Gasteiger partial charge in [0.25, 0.3) is 0 Å². The standard InChI is InChI=1S/C15H20F3N3O2/c1-10(19-13-4-2-3-12(20-13)14(22)23)11-5-7-21(8-6-11)9-15(16,17)18/h2-4,10-11H,5-9H2,1H3,(H,19,20)(H,22,23). The maximum atomic E-state index is 12.4. The van der Waals surface area contributed by atoms with E-state index in [0.717, 1.165) is 0 Å². The number of rotatable bonds is 5. The lowest BCUT2D eigenvalue weighted by atomic mass is 9.90. The molecule has 23 heavy (non-hydrogen) atoms. The van der Waals surface area contributed by atoms with Gasteiger partial charge in [-0.25, -0.2) is 9.78 Å². The number of halogens is 3. The molecule has 1 aromatic rings. The second-order valence-corrected chi connectivity index (χ2v) is 5.87. The number of likely N-dealkylation sites (tertiary alicyclic amines) is 1. The number of carboxylic acid groups (broad SMARTS) is 1. The first-order valence-corrected chi connectivity index (χ1v) is 7.50. The first kappa shape index (κ1) is 17.5. The van der Waals surface area contributed by atoms with Crippen LogP contribution < -0.4 is 5.32 Å². The predicted octanol–water partition coefficient (Wildman–Crippen LogP) is 2.85. The molecule has 1 aliphatic heterocycles. The van der Waals surface area contributed by atoms with Crippen molar-refractivity contribution in [1.82, 2.24) is 9.88 Å². The molecule has 0 aromatic carbocycles. The normalized spacial score (nSPS) is 18.6. The van der Waals surface area contributed by atoms with E-state index in [1.165, 1.54) is 11.0 Å². The van der Waals surface area contributed by atoms with Crippen LogP contribution in [0.15, 0.2) is 18.2 Å². The van der Waals surface area contributed by atoms with Gasteiger partial charge in [-0.15, -0.1) is 0 Å². The summed E-state index contributed by atoms with van der Waals surface area (Å²) in [6.07, 6.45) is -2.82. The topological polar surface area (TPSA) is 65.5 Å². The lowest BCUT2D eigenvalue weighted by molar-refractivity contribution is -0.148. The molecule has 128 valence electrons. The zero-order valence-corrected chi connectivity index (χ0v) is 12.8. The molecule has 1 fully saturated rings. The molecular formula is C15H20F3N3O2. The van der Waals surface area contributed by atoms with Gasteiger partial charge in [0.1, 0.15) is 5.82 Å². The van der Waals surface area contributed by atoms with Crippen LogP contribution in [0, 0.1) is 5.92 Å². The molecule has 2 N–H and O–H groups in total. The molecule has 1 atom stereocenters. The van der Waals surface area contributed by atoms with Gasteiger partial charge < -0.3 is 10.4 Å². The lowest BCUT2D eigenvalue weighted by Crippen LogP contribution is -2.43. The van der Waals surface area contributed by atoms with Gasteiger partial charge in [0.2, 0.25) is 0 Å². The fourth-order valence-electron chi connectivity index (χ4n) is 2.85. The van der Waals surface area contributed by atoms with E-state index >= 15 is 0 Å². The molecule has 0 saturated carbocycles. The van der Waals surface area contributed by atoms with Crippen LogP contribution in [0.5, 0.6) is 0 Å². The van der Waals surface area contributed by atoms with Crippen molar-refractivity contribution >= 4 is 11.8 Å². The number of carboxylic acids is 1. The Labute approximate surface area is 132 Å². The average molecular weight is 331 g/mol. The molecule has 0 spiro atoms. The summed E-state index contributed by atoms with van der Waals surface area (Å²) in [5.74, 6) is -0.397. The monoisotopic (exact) mass is 331 g/mol. The Hall–Kier alpha value is -1.83. The highest BCUT2D eigenvalue weighted by atomic mass is 19.4. The van der Waals surface area contributed by atoms with E-state index in [1.54, 1.807) is 12.1 Å². The summed E-state index contributed by atoms with van der Waals surface area (Å²) in [6, 6.07) is 4.71. The third-order valence-corrected chi connectivity index (χ3v) is 4.09. The number of aromatic carboxylic acids is 1. The van der Waals surface area contributed by atoms with E-state index in [9.17, 15) is 18.0 Å². The summed E-state index contributed by atoms with van der Waals surface area (Å²) in [5.41, 5.74) is -0.0396. The molecule has 8 heteroatoms. The number of aromatic nitrogens is 1. The second-order valence-electron chi connectivity index (χ2n) is 5.87. The van der Waals surface area contributed by atoms with E-state index in [2.05, 4.69) is 10.3 Å². The van der Waals surface area contributed by atoms with Crippen molar-refractivity contribution in [2.75, 3.05) is 25.0 Å². The van der Waals surface area contributed by atoms with Crippen molar-refractivity contribution in [3.05, 3.63) is 23.9 Å².